The number of nitrogens with zero attached hydrogens (tertiary/aromatic N) is 1. The van der Waals surface area contributed by atoms with E-state index < -0.39 is 0 Å². The lowest BCUT2D eigenvalue weighted by Gasteiger charge is -2.19. The second kappa shape index (κ2) is 5.99. The molecule has 4 heteroatoms. The van der Waals surface area contributed by atoms with Crippen molar-refractivity contribution in [2.45, 2.75) is 26.4 Å². The van der Waals surface area contributed by atoms with Gasteiger partial charge in [0.2, 0.25) is 0 Å². The normalized spacial score (nSPS) is 13.5. The van der Waals surface area contributed by atoms with Gasteiger partial charge in [0.1, 0.15) is 0 Å². The summed E-state index contributed by atoms with van der Waals surface area (Å²) in [7, 11) is 4.22. The molecule has 0 aromatic carbocycles. The highest BCUT2D eigenvalue weighted by Gasteiger charge is 2.05. The maximum absolute atomic E-state index is 3.54. The Hall–Kier alpha value is 0.100. The van der Waals surface area contributed by atoms with Crippen molar-refractivity contribution >= 4 is 27.3 Å². The molecule has 2 nitrogen and oxygen atoms in total. The topological polar surface area (TPSA) is 15.3 Å². The van der Waals surface area contributed by atoms with Crippen molar-refractivity contribution in [3.05, 3.63) is 20.3 Å². The molecule has 0 aliphatic heterocycles. The van der Waals surface area contributed by atoms with Gasteiger partial charge < -0.3 is 10.2 Å². The first-order chi connectivity index (χ1) is 7.00. The van der Waals surface area contributed by atoms with Crippen molar-refractivity contribution in [2.24, 2.45) is 0 Å². The Balaban J connectivity index is 2.32. The van der Waals surface area contributed by atoms with E-state index in [1.165, 1.54) is 14.2 Å². The van der Waals surface area contributed by atoms with Crippen LogP contribution in [0.4, 0.5) is 0 Å². The molecule has 1 rings (SSSR count). The molecule has 0 amide bonds. The highest BCUT2D eigenvalue weighted by atomic mass is 79.9. The van der Waals surface area contributed by atoms with Crippen molar-refractivity contribution in [1.29, 1.82) is 0 Å². The molecular formula is C11H19BrN2S. The summed E-state index contributed by atoms with van der Waals surface area (Å²) in [5, 5.41) is 3.47. The van der Waals surface area contributed by atoms with Gasteiger partial charge in [-0.05, 0) is 55.5 Å². The minimum absolute atomic E-state index is 0.578. The van der Waals surface area contributed by atoms with Crippen LogP contribution in [-0.4, -0.2) is 31.6 Å². The monoisotopic (exact) mass is 290 g/mol. The van der Waals surface area contributed by atoms with Crippen LogP contribution in [0.5, 0.6) is 0 Å². The Bertz CT molecular complexity index is 290. The molecule has 0 fully saturated rings. The lowest BCUT2D eigenvalue weighted by Crippen LogP contribution is -2.34. The van der Waals surface area contributed by atoms with Crippen molar-refractivity contribution in [2.75, 3.05) is 20.6 Å². The highest BCUT2D eigenvalue weighted by molar-refractivity contribution is 9.11. The molecule has 1 atom stereocenters. The Morgan fingerprint density at radius 1 is 1.53 bits per heavy atom. The summed E-state index contributed by atoms with van der Waals surface area (Å²) in [5.41, 5.74) is 1.33. The van der Waals surface area contributed by atoms with E-state index in [1.807, 2.05) is 11.3 Å². The van der Waals surface area contributed by atoms with Gasteiger partial charge in [0.25, 0.3) is 0 Å². The molecule has 0 aliphatic carbocycles. The van der Waals surface area contributed by atoms with Gasteiger partial charge >= 0.3 is 0 Å². The van der Waals surface area contributed by atoms with Gasteiger partial charge in [0.05, 0.1) is 3.79 Å². The standard InChI is InChI=1S/C11H19BrN2S/c1-8-5-10(15-11(8)12)7-13-6-9(2)14(3)4/h5,9,13H,6-7H2,1-4H3. The van der Waals surface area contributed by atoms with E-state index in [2.05, 4.69) is 60.2 Å². The molecule has 0 aliphatic rings. The Morgan fingerprint density at radius 2 is 2.20 bits per heavy atom. The summed E-state index contributed by atoms with van der Waals surface area (Å²) in [6.07, 6.45) is 0. The molecule has 1 aromatic rings. The summed E-state index contributed by atoms with van der Waals surface area (Å²) in [5.74, 6) is 0. The molecule has 1 heterocycles. The molecule has 1 aromatic heterocycles. The zero-order chi connectivity index (χ0) is 11.4. The summed E-state index contributed by atoms with van der Waals surface area (Å²) in [6, 6.07) is 2.82. The van der Waals surface area contributed by atoms with Crippen LogP contribution in [0.2, 0.25) is 0 Å². The molecule has 0 saturated heterocycles. The van der Waals surface area contributed by atoms with E-state index in [4.69, 9.17) is 0 Å². The number of thiophene rings is 1. The molecule has 0 spiro atoms. The van der Waals surface area contributed by atoms with E-state index in [0.29, 0.717) is 6.04 Å². The first-order valence-corrected chi connectivity index (χ1v) is 6.73. The largest absolute Gasteiger partial charge is 0.310 e. The summed E-state index contributed by atoms with van der Waals surface area (Å²) in [6.45, 7) is 6.35. The smallest absolute Gasteiger partial charge is 0.0730 e. The Labute approximate surface area is 105 Å². The lowest BCUT2D eigenvalue weighted by atomic mass is 10.3. The minimum atomic E-state index is 0.578. The van der Waals surface area contributed by atoms with Crippen molar-refractivity contribution in [1.82, 2.24) is 10.2 Å². The number of hydrogen-bond acceptors (Lipinski definition) is 3. The molecule has 0 bridgehead atoms. The van der Waals surface area contributed by atoms with Crippen LogP contribution >= 0.6 is 27.3 Å². The van der Waals surface area contributed by atoms with Crippen LogP contribution in [0.25, 0.3) is 0 Å². The van der Waals surface area contributed by atoms with E-state index >= 15 is 0 Å². The van der Waals surface area contributed by atoms with E-state index in [-0.39, 0.29) is 0 Å². The van der Waals surface area contributed by atoms with Gasteiger partial charge in [-0.3, -0.25) is 0 Å². The Kier molecular flexibility index (Phi) is 5.26. The predicted octanol–water partition coefficient (Wildman–Crippen LogP) is 2.86. The minimum Gasteiger partial charge on any atom is -0.310 e. The molecular weight excluding hydrogens is 272 g/mol. The van der Waals surface area contributed by atoms with E-state index in [0.717, 1.165) is 13.1 Å². The average Bonchev–Trinajstić information content (AvgIpc) is 2.46. The first-order valence-electron chi connectivity index (χ1n) is 5.12. The first kappa shape index (κ1) is 13.2. The van der Waals surface area contributed by atoms with Crippen LogP contribution in [0, 0.1) is 6.92 Å². The van der Waals surface area contributed by atoms with Crippen molar-refractivity contribution in [3.8, 4) is 0 Å². The summed E-state index contributed by atoms with van der Waals surface area (Å²) < 4.78 is 1.25. The second-order valence-electron chi connectivity index (χ2n) is 4.11. The molecule has 1 N–H and O–H groups in total. The van der Waals surface area contributed by atoms with Crippen LogP contribution in [-0.2, 0) is 6.54 Å². The fraction of sp³-hybridized carbons (Fsp3) is 0.636. The van der Waals surface area contributed by atoms with Crippen LogP contribution in [0.3, 0.4) is 0 Å². The lowest BCUT2D eigenvalue weighted by molar-refractivity contribution is 0.303. The van der Waals surface area contributed by atoms with Gasteiger partial charge in [-0.1, -0.05) is 0 Å². The van der Waals surface area contributed by atoms with Crippen LogP contribution in [0.15, 0.2) is 9.85 Å². The van der Waals surface area contributed by atoms with E-state index in [1.54, 1.807) is 0 Å². The van der Waals surface area contributed by atoms with E-state index in [9.17, 15) is 0 Å². The van der Waals surface area contributed by atoms with Gasteiger partial charge in [-0.25, -0.2) is 0 Å². The number of hydrogen-bond donors (Lipinski definition) is 1. The van der Waals surface area contributed by atoms with Crippen LogP contribution < -0.4 is 5.32 Å². The third-order valence-electron chi connectivity index (χ3n) is 2.53. The zero-order valence-corrected chi connectivity index (χ0v) is 12.2. The fourth-order valence-electron chi connectivity index (χ4n) is 1.20. The maximum Gasteiger partial charge on any atom is 0.0730 e. The van der Waals surface area contributed by atoms with Crippen molar-refractivity contribution < 1.29 is 0 Å². The molecule has 0 saturated carbocycles. The summed E-state index contributed by atoms with van der Waals surface area (Å²) in [4.78, 5) is 3.62. The third kappa shape index (κ3) is 4.23. The second-order valence-corrected chi connectivity index (χ2v) is 6.57. The number of nitrogens with one attached hydrogen (secondary N) is 1. The molecule has 0 radical (unpaired) electrons. The van der Waals surface area contributed by atoms with Gasteiger partial charge in [-0.2, -0.15) is 0 Å². The predicted molar refractivity (Wildman–Crippen MR) is 71.6 cm³/mol. The maximum atomic E-state index is 3.54. The molecule has 15 heavy (non-hydrogen) atoms. The quantitative estimate of drug-likeness (QED) is 0.897. The van der Waals surface area contributed by atoms with Gasteiger partial charge in [0, 0.05) is 24.0 Å². The number of likely N-dealkylation sites (N-methyl/N-ethyl adjacent to an activating group) is 1. The molecule has 86 valence electrons. The van der Waals surface area contributed by atoms with Crippen molar-refractivity contribution in [3.63, 3.8) is 0 Å². The molecule has 1 unspecified atom stereocenters. The third-order valence-corrected chi connectivity index (χ3v) is 4.67. The van der Waals surface area contributed by atoms with Gasteiger partial charge in [-0.15, -0.1) is 11.3 Å². The number of halogens is 1. The van der Waals surface area contributed by atoms with Gasteiger partial charge in [0.15, 0.2) is 0 Å². The summed E-state index contributed by atoms with van der Waals surface area (Å²) >= 11 is 5.36. The SMILES string of the molecule is Cc1cc(CNCC(C)N(C)C)sc1Br. The Morgan fingerprint density at radius 3 is 2.67 bits per heavy atom. The zero-order valence-electron chi connectivity index (χ0n) is 9.80. The fourth-order valence-corrected chi connectivity index (χ4v) is 2.80. The number of aryl methyl sites for hydroxylation is 1. The average molecular weight is 291 g/mol. The number of rotatable bonds is 5. The van der Waals surface area contributed by atoms with Crippen LogP contribution in [0.1, 0.15) is 17.4 Å². The highest BCUT2D eigenvalue weighted by Crippen LogP contribution is 2.26.